The Labute approximate surface area is 177 Å². The topological polar surface area (TPSA) is 73.8 Å². The molecule has 1 aromatic rings. The van der Waals surface area contributed by atoms with Crippen LogP contribution >= 0.6 is 0 Å². The summed E-state index contributed by atoms with van der Waals surface area (Å²) in [5.41, 5.74) is 2.73. The van der Waals surface area contributed by atoms with E-state index >= 15 is 0 Å². The van der Waals surface area contributed by atoms with Gasteiger partial charge in [0.25, 0.3) is 0 Å². The Morgan fingerprint density at radius 2 is 1.83 bits per heavy atom. The highest BCUT2D eigenvalue weighted by Crippen LogP contribution is 2.16. The van der Waals surface area contributed by atoms with Gasteiger partial charge in [0.05, 0.1) is 5.75 Å². The highest BCUT2D eigenvalue weighted by Gasteiger charge is 2.26. The number of hydrogen-bond acceptors (Lipinski definition) is 3. The Morgan fingerprint density at radius 1 is 1.17 bits per heavy atom. The molecule has 1 fully saturated rings. The summed E-state index contributed by atoms with van der Waals surface area (Å²) >= 11 is 0. The molecule has 0 unspecified atom stereocenters. The number of piperidine rings is 1. The summed E-state index contributed by atoms with van der Waals surface area (Å²) in [6.07, 6.45) is 3.65. The van der Waals surface area contributed by atoms with Crippen LogP contribution in [0.4, 0.5) is 0 Å². The third kappa shape index (κ3) is 7.63. The zero-order valence-electron chi connectivity index (χ0n) is 18.4. The molecule has 1 heterocycles. The van der Waals surface area contributed by atoms with E-state index in [1.807, 2.05) is 0 Å². The van der Waals surface area contributed by atoms with Crippen LogP contribution in [0.1, 0.15) is 64.0 Å². The maximum Gasteiger partial charge on any atom is 0.213 e. The Morgan fingerprint density at radius 3 is 2.38 bits per heavy atom. The lowest BCUT2D eigenvalue weighted by Crippen LogP contribution is -2.50. The predicted molar refractivity (Wildman–Crippen MR) is 122 cm³/mol. The molecule has 0 amide bonds. The van der Waals surface area contributed by atoms with Crippen molar-refractivity contribution < 1.29 is 8.42 Å². The van der Waals surface area contributed by atoms with Gasteiger partial charge in [-0.25, -0.2) is 12.7 Å². The second-order valence-electron chi connectivity index (χ2n) is 7.98. The molecule has 2 rings (SSSR count). The number of sulfonamides is 1. The van der Waals surface area contributed by atoms with Gasteiger partial charge >= 0.3 is 0 Å². The summed E-state index contributed by atoms with van der Waals surface area (Å²) in [6.45, 7) is 10.9. The predicted octanol–water partition coefficient (Wildman–Crippen LogP) is 3.11. The van der Waals surface area contributed by atoms with Crippen molar-refractivity contribution in [1.29, 1.82) is 0 Å². The molecule has 1 aliphatic rings. The van der Waals surface area contributed by atoms with Gasteiger partial charge in [-0.3, -0.25) is 4.99 Å². The number of nitrogens with one attached hydrogen (secondary N) is 2. The highest BCUT2D eigenvalue weighted by molar-refractivity contribution is 7.89. The Bertz CT molecular complexity index is 737. The van der Waals surface area contributed by atoms with Gasteiger partial charge in [0.15, 0.2) is 5.96 Å². The van der Waals surface area contributed by atoms with E-state index in [0.29, 0.717) is 19.0 Å². The van der Waals surface area contributed by atoms with Crippen LogP contribution in [0.15, 0.2) is 29.3 Å². The Balaban J connectivity index is 1.79. The van der Waals surface area contributed by atoms with E-state index in [2.05, 4.69) is 55.7 Å². The molecule has 0 saturated carbocycles. The summed E-state index contributed by atoms with van der Waals surface area (Å²) in [5.74, 6) is 1.57. The molecule has 6 nitrogen and oxygen atoms in total. The number of benzene rings is 1. The maximum atomic E-state index is 12.0. The van der Waals surface area contributed by atoms with Gasteiger partial charge in [0.2, 0.25) is 10.0 Å². The molecular weight excluding hydrogens is 384 g/mol. The van der Waals surface area contributed by atoms with Gasteiger partial charge in [-0.15, -0.1) is 0 Å². The van der Waals surface area contributed by atoms with Crippen LogP contribution in [0.25, 0.3) is 0 Å². The lowest BCUT2D eigenvalue weighted by Gasteiger charge is -2.32. The fourth-order valence-corrected chi connectivity index (χ4v) is 4.65. The van der Waals surface area contributed by atoms with Gasteiger partial charge in [0.1, 0.15) is 0 Å². The lowest BCUT2D eigenvalue weighted by atomic mass is 10.0. The van der Waals surface area contributed by atoms with Crippen molar-refractivity contribution in [3.63, 3.8) is 0 Å². The number of nitrogens with zero attached hydrogens (tertiary/aromatic N) is 2. The summed E-state index contributed by atoms with van der Waals surface area (Å²) < 4.78 is 25.6. The van der Waals surface area contributed by atoms with Crippen LogP contribution in [-0.2, 0) is 16.4 Å². The zero-order chi connectivity index (χ0) is 21.3. The molecule has 0 aromatic heterocycles. The number of rotatable bonds is 9. The third-order valence-corrected chi connectivity index (χ3v) is 7.32. The smallest absolute Gasteiger partial charge is 0.213 e. The van der Waals surface area contributed by atoms with E-state index < -0.39 is 10.0 Å². The molecule has 2 N–H and O–H groups in total. The van der Waals surface area contributed by atoms with Crippen LogP contribution in [0.3, 0.4) is 0 Å². The van der Waals surface area contributed by atoms with Crippen LogP contribution < -0.4 is 10.6 Å². The van der Waals surface area contributed by atoms with E-state index in [-0.39, 0.29) is 11.8 Å². The molecular formula is C22H38N4O2S. The van der Waals surface area contributed by atoms with Crippen LogP contribution in [0.5, 0.6) is 0 Å². The van der Waals surface area contributed by atoms with Crippen LogP contribution in [0.2, 0.25) is 0 Å². The fraction of sp³-hybridized carbons (Fsp3) is 0.682. The van der Waals surface area contributed by atoms with Crippen LogP contribution in [0, 0.1) is 0 Å². The van der Waals surface area contributed by atoms with Crippen molar-refractivity contribution in [3.8, 4) is 0 Å². The zero-order valence-corrected chi connectivity index (χ0v) is 19.3. The van der Waals surface area contributed by atoms with E-state index in [4.69, 9.17) is 4.99 Å². The molecule has 0 radical (unpaired) electrons. The first-order valence-corrected chi connectivity index (χ1v) is 12.6. The minimum Gasteiger partial charge on any atom is -0.357 e. The van der Waals surface area contributed by atoms with E-state index in [0.717, 1.165) is 44.7 Å². The summed E-state index contributed by atoms with van der Waals surface area (Å²) in [6, 6.07) is 9.15. The summed E-state index contributed by atoms with van der Waals surface area (Å²) in [5, 5.41) is 6.79. The van der Waals surface area contributed by atoms with E-state index in [1.165, 1.54) is 11.1 Å². The molecule has 0 aliphatic carbocycles. The standard InChI is InChI=1S/C22H38N4O2S/c1-5-23-22(25-21-13-16-26(17-14-21)29(27,28)6-2)24-15-7-8-19-9-11-20(12-10-19)18(3)4/h9-12,18,21H,5-8,13-17H2,1-4H3,(H2,23,24,25). The second kappa shape index (κ2) is 11.6. The van der Waals surface area contributed by atoms with E-state index in [1.54, 1.807) is 11.2 Å². The Kier molecular flexibility index (Phi) is 9.43. The van der Waals surface area contributed by atoms with Crippen LogP contribution in [-0.4, -0.2) is 56.7 Å². The first-order valence-electron chi connectivity index (χ1n) is 11.0. The molecule has 0 atom stereocenters. The fourth-order valence-electron chi connectivity index (χ4n) is 3.52. The Hall–Kier alpha value is -1.60. The number of hydrogen-bond donors (Lipinski definition) is 2. The van der Waals surface area contributed by atoms with Crippen molar-refractivity contribution in [1.82, 2.24) is 14.9 Å². The average molecular weight is 423 g/mol. The first kappa shape index (κ1) is 23.7. The van der Waals surface area contributed by atoms with Crippen molar-refractivity contribution in [2.75, 3.05) is 31.9 Å². The molecule has 1 aliphatic heterocycles. The van der Waals surface area contributed by atoms with Crippen molar-refractivity contribution in [2.24, 2.45) is 4.99 Å². The number of aliphatic imine (C=N–C) groups is 1. The third-order valence-electron chi connectivity index (χ3n) is 5.44. The largest absolute Gasteiger partial charge is 0.357 e. The summed E-state index contributed by atoms with van der Waals surface area (Å²) in [7, 11) is -3.08. The van der Waals surface area contributed by atoms with Crippen molar-refractivity contribution in [3.05, 3.63) is 35.4 Å². The minimum atomic E-state index is -3.08. The average Bonchev–Trinajstić information content (AvgIpc) is 2.72. The van der Waals surface area contributed by atoms with Gasteiger partial charge in [0, 0.05) is 32.2 Å². The van der Waals surface area contributed by atoms with Gasteiger partial charge in [-0.2, -0.15) is 0 Å². The SMILES string of the molecule is CCNC(=NCCCc1ccc(C(C)C)cc1)NC1CCN(S(=O)(=O)CC)CC1. The maximum absolute atomic E-state index is 12.0. The minimum absolute atomic E-state index is 0.176. The summed E-state index contributed by atoms with van der Waals surface area (Å²) in [4.78, 5) is 4.71. The molecule has 1 saturated heterocycles. The van der Waals surface area contributed by atoms with Crippen molar-refractivity contribution in [2.45, 2.75) is 65.3 Å². The van der Waals surface area contributed by atoms with Crippen molar-refractivity contribution >= 4 is 16.0 Å². The van der Waals surface area contributed by atoms with Gasteiger partial charge in [-0.1, -0.05) is 38.1 Å². The number of aryl methyl sites for hydroxylation is 1. The monoisotopic (exact) mass is 422 g/mol. The number of guanidine groups is 1. The molecule has 7 heteroatoms. The first-order chi connectivity index (χ1) is 13.9. The lowest BCUT2D eigenvalue weighted by molar-refractivity contribution is 0.306. The quantitative estimate of drug-likeness (QED) is 0.364. The highest BCUT2D eigenvalue weighted by atomic mass is 32.2. The molecule has 0 spiro atoms. The van der Waals surface area contributed by atoms with E-state index in [9.17, 15) is 8.42 Å². The normalized spacial score (nSPS) is 16.9. The second-order valence-corrected chi connectivity index (χ2v) is 10.2. The van der Waals surface area contributed by atoms with Gasteiger partial charge in [-0.05, 0) is 56.6 Å². The molecule has 0 bridgehead atoms. The molecule has 1 aromatic carbocycles. The molecule has 29 heavy (non-hydrogen) atoms. The van der Waals surface area contributed by atoms with Gasteiger partial charge < -0.3 is 10.6 Å². The molecule has 164 valence electrons.